The van der Waals surface area contributed by atoms with Crippen LogP contribution >= 0.6 is 31.9 Å². The highest BCUT2D eigenvalue weighted by atomic mass is 79.9. The number of hydrogen-bond donors (Lipinski definition) is 0. The van der Waals surface area contributed by atoms with E-state index in [-0.39, 0.29) is 22.7 Å². The second-order valence-corrected chi connectivity index (χ2v) is 10.5. The zero-order valence-corrected chi connectivity index (χ0v) is 16.8. The van der Waals surface area contributed by atoms with Crippen LogP contribution in [0.5, 0.6) is 0 Å². The highest BCUT2D eigenvalue weighted by molar-refractivity contribution is 9.28. The first-order valence-corrected chi connectivity index (χ1v) is 9.59. The summed E-state index contributed by atoms with van der Waals surface area (Å²) in [5.41, 5.74) is 0.0829. The standard InChI is InChI=1S/C17H26Br2O3/c1-16(2,3)17(9-21-10-17)11-22-15(20)13-6-4-12(5-7-13)8-14(18)19/h8,12-13H,4-7,9-11H2,1-3H3. The maximum atomic E-state index is 12.3. The maximum Gasteiger partial charge on any atom is 0.308 e. The molecule has 3 nitrogen and oxygen atoms in total. The van der Waals surface area contributed by atoms with Crippen LogP contribution in [-0.4, -0.2) is 25.8 Å². The normalized spacial score (nSPS) is 27.7. The zero-order valence-electron chi connectivity index (χ0n) is 13.7. The molecule has 0 aromatic heterocycles. The summed E-state index contributed by atoms with van der Waals surface area (Å²) >= 11 is 6.82. The molecule has 1 saturated carbocycles. The molecular formula is C17H26Br2O3. The van der Waals surface area contributed by atoms with Crippen molar-refractivity contribution in [2.75, 3.05) is 19.8 Å². The van der Waals surface area contributed by atoms with E-state index >= 15 is 0 Å². The largest absolute Gasteiger partial charge is 0.465 e. The summed E-state index contributed by atoms with van der Waals surface area (Å²) in [4.78, 5) is 12.3. The second kappa shape index (κ2) is 7.35. The fourth-order valence-corrected chi connectivity index (χ4v) is 3.86. The van der Waals surface area contributed by atoms with E-state index in [1.807, 2.05) is 0 Å². The predicted octanol–water partition coefficient (Wildman–Crippen LogP) is 5.03. The Hall–Kier alpha value is 0.130. The van der Waals surface area contributed by atoms with Crippen molar-refractivity contribution >= 4 is 37.8 Å². The molecule has 0 atom stereocenters. The SMILES string of the molecule is CC(C)(C)C1(COC(=O)C2CCC(C=C(Br)Br)CC2)COC1. The third kappa shape index (κ3) is 4.35. The van der Waals surface area contributed by atoms with Crippen molar-refractivity contribution in [3.8, 4) is 0 Å². The van der Waals surface area contributed by atoms with Crippen LogP contribution in [0.1, 0.15) is 46.5 Å². The van der Waals surface area contributed by atoms with Gasteiger partial charge in [-0.15, -0.1) is 0 Å². The molecule has 2 aliphatic rings. The van der Waals surface area contributed by atoms with Gasteiger partial charge in [0.05, 0.1) is 27.9 Å². The number of hydrogen-bond acceptors (Lipinski definition) is 3. The van der Waals surface area contributed by atoms with E-state index in [9.17, 15) is 4.79 Å². The van der Waals surface area contributed by atoms with Gasteiger partial charge in [0.2, 0.25) is 0 Å². The minimum atomic E-state index is -0.0177. The number of carbonyl (C=O) groups is 1. The highest BCUT2D eigenvalue weighted by Gasteiger charge is 2.49. The Labute approximate surface area is 150 Å². The summed E-state index contributed by atoms with van der Waals surface area (Å²) in [6.07, 6.45) is 6.13. The van der Waals surface area contributed by atoms with Crippen LogP contribution < -0.4 is 0 Å². The van der Waals surface area contributed by atoms with Gasteiger partial charge in [-0.2, -0.15) is 0 Å². The number of carbonyl (C=O) groups excluding carboxylic acids is 1. The summed E-state index contributed by atoms with van der Waals surface area (Å²) in [6.45, 7) is 8.46. The van der Waals surface area contributed by atoms with Crippen molar-refractivity contribution in [1.29, 1.82) is 0 Å². The molecule has 22 heavy (non-hydrogen) atoms. The Bertz CT molecular complexity index is 424. The van der Waals surface area contributed by atoms with E-state index in [4.69, 9.17) is 9.47 Å². The first-order valence-electron chi connectivity index (χ1n) is 8.01. The Morgan fingerprint density at radius 1 is 1.23 bits per heavy atom. The number of rotatable bonds is 4. The van der Waals surface area contributed by atoms with Gasteiger partial charge >= 0.3 is 5.97 Å². The van der Waals surface area contributed by atoms with Gasteiger partial charge < -0.3 is 9.47 Å². The first-order chi connectivity index (χ1) is 10.2. The minimum absolute atomic E-state index is 0.0105. The van der Waals surface area contributed by atoms with Gasteiger partial charge in [-0.25, -0.2) is 0 Å². The Kier molecular flexibility index (Phi) is 6.17. The molecule has 0 spiro atoms. The van der Waals surface area contributed by atoms with Crippen molar-refractivity contribution in [3.63, 3.8) is 0 Å². The molecule has 126 valence electrons. The van der Waals surface area contributed by atoms with Gasteiger partial charge in [-0.05, 0) is 68.9 Å². The lowest BCUT2D eigenvalue weighted by Gasteiger charge is -2.50. The number of ether oxygens (including phenoxy) is 2. The van der Waals surface area contributed by atoms with Crippen molar-refractivity contribution in [1.82, 2.24) is 0 Å². The van der Waals surface area contributed by atoms with Crippen LogP contribution in [-0.2, 0) is 14.3 Å². The van der Waals surface area contributed by atoms with Crippen molar-refractivity contribution < 1.29 is 14.3 Å². The van der Waals surface area contributed by atoms with E-state index in [0.29, 0.717) is 25.7 Å². The topological polar surface area (TPSA) is 35.5 Å². The second-order valence-electron chi connectivity index (χ2n) is 7.70. The van der Waals surface area contributed by atoms with Crippen molar-refractivity contribution in [2.45, 2.75) is 46.5 Å². The fraction of sp³-hybridized carbons (Fsp3) is 0.824. The van der Waals surface area contributed by atoms with E-state index < -0.39 is 0 Å². The molecule has 1 saturated heterocycles. The molecule has 1 aliphatic carbocycles. The quantitative estimate of drug-likeness (QED) is 0.578. The fourth-order valence-electron chi connectivity index (χ4n) is 3.11. The Morgan fingerprint density at radius 2 is 1.82 bits per heavy atom. The van der Waals surface area contributed by atoms with Crippen LogP contribution in [0.3, 0.4) is 0 Å². The van der Waals surface area contributed by atoms with Crippen LogP contribution in [0.4, 0.5) is 0 Å². The smallest absolute Gasteiger partial charge is 0.308 e. The average molecular weight is 438 g/mol. The third-order valence-electron chi connectivity index (χ3n) is 5.31. The predicted molar refractivity (Wildman–Crippen MR) is 95.1 cm³/mol. The number of allylic oxidation sites excluding steroid dienone is 1. The Balaban J connectivity index is 1.80. The van der Waals surface area contributed by atoms with Gasteiger partial charge in [0.25, 0.3) is 0 Å². The average Bonchev–Trinajstić information content (AvgIpc) is 2.35. The van der Waals surface area contributed by atoms with E-state index in [1.54, 1.807) is 0 Å². The lowest BCUT2D eigenvalue weighted by molar-refractivity contribution is -0.204. The molecule has 0 aromatic carbocycles. The highest BCUT2D eigenvalue weighted by Crippen LogP contribution is 2.45. The third-order valence-corrected chi connectivity index (χ3v) is 5.83. The number of esters is 1. The minimum Gasteiger partial charge on any atom is -0.465 e. The molecule has 2 rings (SSSR count). The van der Waals surface area contributed by atoms with Crippen LogP contribution in [0, 0.1) is 22.7 Å². The van der Waals surface area contributed by atoms with E-state index in [2.05, 4.69) is 58.7 Å². The first kappa shape index (κ1) is 18.5. The lowest BCUT2D eigenvalue weighted by Crippen LogP contribution is -2.55. The van der Waals surface area contributed by atoms with Gasteiger partial charge in [-0.1, -0.05) is 26.8 Å². The molecule has 0 unspecified atom stereocenters. The monoisotopic (exact) mass is 436 g/mol. The zero-order chi connectivity index (χ0) is 16.4. The molecule has 5 heteroatoms. The van der Waals surface area contributed by atoms with Crippen LogP contribution in [0.25, 0.3) is 0 Å². The molecule has 1 aliphatic heterocycles. The molecular weight excluding hydrogens is 412 g/mol. The maximum absolute atomic E-state index is 12.3. The molecule has 0 radical (unpaired) electrons. The van der Waals surface area contributed by atoms with Gasteiger partial charge in [0.15, 0.2) is 0 Å². The van der Waals surface area contributed by atoms with Crippen molar-refractivity contribution in [2.24, 2.45) is 22.7 Å². The molecule has 0 amide bonds. The Morgan fingerprint density at radius 3 is 2.23 bits per heavy atom. The molecule has 0 bridgehead atoms. The lowest BCUT2D eigenvalue weighted by atomic mass is 9.65. The van der Waals surface area contributed by atoms with Gasteiger partial charge in [0, 0.05) is 0 Å². The summed E-state index contributed by atoms with van der Waals surface area (Å²) in [7, 11) is 0. The summed E-state index contributed by atoms with van der Waals surface area (Å²) in [5.74, 6) is 0.603. The summed E-state index contributed by atoms with van der Waals surface area (Å²) < 4.78 is 12.1. The van der Waals surface area contributed by atoms with Crippen LogP contribution in [0.2, 0.25) is 0 Å². The molecule has 1 heterocycles. The molecule has 0 aromatic rings. The summed E-state index contributed by atoms with van der Waals surface area (Å²) in [5, 5.41) is 0. The van der Waals surface area contributed by atoms with E-state index in [1.165, 1.54) is 0 Å². The van der Waals surface area contributed by atoms with Gasteiger partial charge in [0.1, 0.15) is 6.61 Å². The van der Waals surface area contributed by atoms with Crippen LogP contribution in [0.15, 0.2) is 9.47 Å². The van der Waals surface area contributed by atoms with Gasteiger partial charge in [-0.3, -0.25) is 4.79 Å². The van der Waals surface area contributed by atoms with E-state index in [0.717, 1.165) is 29.1 Å². The molecule has 0 N–H and O–H groups in total. The van der Waals surface area contributed by atoms with Crippen molar-refractivity contribution in [3.05, 3.63) is 9.47 Å². The summed E-state index contributed by atoms with van der Waals surface area (Å²) in [6, 6.07) is 0. The molecule has 2 fully saturated rings. The number of halogens is 2.